The van der Waals surface area contributed by atoms with E-state index in [1.807, 2.05) is 0 Å². The van der Waals surface area contributed by atoms with E-state index in [1.54, 1.807) is 0 Å². The van der Waals surface area contributed by atoms with Crippen LogP contribution in [0.15, 0.2) is 11.6 Å². The first-order chi connectivity index (χ1) is 5.25. The quantitative estimate of drug-likeness (QED) is 0.390. The lowest BCUT2D eigenvalue weighted by atomic mass is 9.87. The van der Waals surface area contributed by atoms with Crippen LogP contribution in [0.25, 0.3) is 0 Å². The van der Waals surface area contributed by atoms with Gasteiger partial charge in [-0.05, 0) is 25.8 Å². The highest BCUT2D eigenvalue weighted by Crippen LogP contribution is 2.33. The van der Waals surface area contributed by atoms with Crippen LogP contribution in [0.3, 0.4) is 0 Å². The predicted molar refractivity (Wildman–Crippen MR) is 41.0 cm³/mol. The number of rotatable bonds is 0. The van der Waals surface area contributed by atoms with Gasteiger partial charge in [-0.2, -0.15) is 0 Å². The zero-order valence-electron chi connectivity index (χ0n) is 6.67. The van der Waals surface area contributed by atoms with Crippen molar-refractivity contribution in [1.29, 1.82) is 0 Å². The average molecular weight is 152 g/mol. The summed E-state index contributed by atoms with van der Waals surface area (Å²) in [4.78, 5) is 10.9. The third kappa shape index (κ3) is 1.17. The van der Waals surface area contributed by atoms with E-state index in [0.29, 0.717) is 12.3 Å². The maximum Gasteiger partial charge on any atom is 0.306 e. The Morgan fingerprint density at radius 3 is 3.27 bits per heavy atom. The summed E-state index contributed by atoms with van der Waals surface area (Å²) < 4.78 is 5.12. The van der Waals surface area contributed by atoms with E-state index in [-0.39, 0.29) is 12.1 Å². The van der Waals surface area contributed by atoms with Crippen molar-refractivity contribution < 1.29 is 9.53 Å². The molecule has 2 heteroatoms. The van der Waals surface area contributed by atoms with Crippen LogP contribution in [-0.2, 0) is 9.53 Å². The molecule has 0 aromatic heterocycles. The molecule has 0 saturated carbocycles. The van der Waals surface area contributed by atoms with Gasteiger partial charge in [-0.3, -0.25) is 4.79 Å². The molecule has 1 aliphatic carbocycles. The standard InChI is InChI=1S/C9H12O2/c1-6-2-3-7-5-9(10)11-8(7)4-6/h4,7-8H,2-3,5H2,1H3/t7-,8?/m1/s1. The molecule has 2 aliphatic rings. The Bertz CT molecular complexity index is 218. The van der Waals surface area contributed by atoms with Crippen LogP contribution < -0.4 is 0 Å². The van der Waals surface area contributed by atoms with Crippen molar-refractivity contribution in [1.82, 2.24) is 0 Å². The molecule has 0 bridgehead atoms. The SMILES string of the molecule is CC1=CC2OC(=O)C[C@H]2CC1. The number of ether oxygens (including phenoxy) is 1. The van der Waals surface area contributed by atoms with Gasteiger partial charge >= 0.3 is 5.97 Å². The van der Waals surface area contributed by atoms with Crippen molar-refractivity contribution in [2.24, 2.45) is 5.92 Å². The van der Waals surface area contributed by atoms with Gasteiger partial charge in [-0.1, -0.05) is 5.57 Å². The van der Waals surface area contributed by atoms with Gasteiger partial charge in [-0.25, -0.2) is 0 Å². The molecule has 2 atom stereocenters. The lowest BCUT2D eigenvalue weighted by Gasteiger charge is -2.19. The molecule has 0 amide bonds. The summed E-state index contributed by atoms with van der Waals surface area (Å²) in [6.45, 7) is 2.10. The molecule has 2 rings (SSSR count). The summed E-state index contributed by atoms with van der Waals surface area (Å²) in [7, 11) is 0. The third-order valence-corrected chi connectivity index (χ3v) is 2.52. The largest absolute Gasteiger partial charge is 0.458 e. The maximum absolute atomic E-state index is 10.9. The molecule has 1 fully saturated rings. The van der Waals surface area contributed by atoms with Crippen LogP contribution in [-0.4, -0.2) is 12.1 Å². The minimum absolute atomic E-state index is 0.0223. The molecule has 11 heavy (non-hydrogen) atoms. The molecule has 0 aromatic carbocycles. The van der Waals surface area contributed by atoms with Crippen LogP contribution in [0.4, 0.5) is 0 Å². The second-order valence-corrected chi connectivity index (χ2v) is 3.47. The molecule has 1 unspecified atom stereocenters. The fraction of sp³-hybridized carbons (Fsp3) is 0.667. The van der Waals surface area contributed by atoms with Gasteiger partial charge in [0.05, 0.1) is 6.42 Å². The molecule has 1 aliphatic heterocycles. The number of fused-ring (bicyclic) bond motifs is 1. The molecule has 60 valence electrons. The second-order valence-electron chi connectivity index (χ2n) is 3.47. The molecular weight excluding hydrogens is 140 g/mol. The molecule has 0 spiro atoms. The van der Waals surface area contributed by atoms with E-state index in [1.165, 1.54) is 5.57 Å². The van der Waals surface area contributed by atoms with E-state index in [4.69, 9.17) is 4.74 Å². The Labute approximate surface area is 66.2 Å². The van der Waals surface area contributed by atoms with E-state index in [2.05, 4.69) is 13.0 Å². The van der Waals surface area contributed by atoms with Gasteiger partial charge in [-0.15, -0.1) is 0 Å². The van der Waals surface area contributed by atoms with Crippen molar-refractivity contribution in [3.05, 3.63) is 11.6 Å². The molecular formula is C9H12O2. The van der Waals surface area contributed by atoms with Gasteiger partial charge in [0.15, 0.2) is 0 Å². The highest BCUT2D eigenvalue weighted by Gasteiger charge is 2.34. The first-order valence-corrected chi connectivity index (χ1v) is 4.12. The predicted octanol–water partition coefficient (Wildman–Crippen LogP) is 1.66. The van der Waals surface area contributed by atoms with Crippen LogP contribution in [0.5, 0.6) is 0 Å². The summed E-state index contributed by atoms with van der Waals surface area (Å²) in [5.74, 6) is 0.456. The Morgan fingerprint density at radius 2 is 2.45 bits per heavy atom. The van der Waals surface area contributed by atoms with Crippen molar-refractivity contribution >= 4 is 5.97 Å². The Balaban J connectivity index is 2.17. The second kappa shape index (κ2) is 2.36. The van der Waals surface area contributed by atoms with Gasteiger partial charge in [0, 0.05) is 5.92 Å². The Kier molecular flexibility index (Phi) is 1.48. The van der Waals surface area contributed by atoms with E-state index >= 15 is 0 Å². The number of carbonyl (C=O) groups excluding carboxylic acids is 1. The van der Waals surface area contributed by atoms with E-state index < -0.39 is 0 Å². The summed E-state index contributed by atoms with van der Waals surface area (Å²) in [5.41, 5.74) is 1.36. The smallest absolute Gasteiger partial charge is 0.306 e. The monoisotopic (exact) mass is 152 g/mol. The van der Waals surface area contributed by atoms with Crippen molar-refractivity contribution in [3.63, 3.8) is 0 Å². The zero-order chi connectivity index (χ0) is 7.84. The number of allylic oxidation sites excluding steroid dienone is 1. The van der Waals surface area contributed by atoms with Crippen LogP contribution in [0.2, 0.25) is 0 Å². The van der Waals surface area contributed by atoms with Crippen molar-refractivity contribution in [2.75, 3.05) is 0 Å². The fourth-order valence-electron chi connectivity index (χ4n) is 1.84. The highest BCUT2D eigenvalue weighted by atomic mass is 16.5. The number of hydrogen-bond acceptors (Lipinski definition) is 2. The lowest BCUT2D eigenvalue weighted by molar-refractivity contribution is -0.140. The minimum atomic E-state index is -0.0223. The lowest BCUT2D eigenvalue weighted by Crippen LogP contribution is -2.17. The normalized spacial score (nSPS) is 36.1. The van der Waals surface area contributed by atoms with Gasteiger partial charge in [0.2, 0.25) is 0 Å². The molecule has 0 radical (unpaired) electrons. The van der Waals surface area contributed by atoms with Crippen LogP contribution in [0.1, 0.15) is 26.2 Å². The van der Waals surface area contributed by atoms with E-state index in [0.717, 1.165) is 12.8 Å². The van der Waals surface area contributed by atoms with Crippen LogP contribution >= 0.6 is 0 Å². The number of hydrogen-bond donors (Lipinski definition) is 0. The fourth-order valence-corrected chi connectivity index (χ4v) is 1.84. The molecule has 0 N–H and O–H groups in total. The zero-order valence-corrected chi connectivity index (χ0v) is 6.67. The minimum Gasteiger partial charge on any atom is -0.458 e. The summed E-state index contributed by atoms with van der Waals surface area (Å²) >= 11 is 0. The summed E-state index contributed by atoms with van der Waals surface area (Å²) in [6.07, 6.45) is 5.10. The molecule has 0 aromatic rings. The van der Waals surface area contributed by atoms with E-state index in [9.17, 15) is 4.79 Å². The Hall–Kier alpha value is -0.790. The maximum atomic E-state index is 10.9. The van der Waals surface area contributed by atoms with Crippen molar-refractivity contribution in [3.8, 4) is 0 Å². The average Bonchev–Trinajstić information content (AvgIpc) is 2.27. The highest BCUT2D eigenvalue weighted by molar-refractivity contribution is 5.72. The van der Waals surface area contributed by atoms with Gasteiger partial charge < -0.3 is 4.74 Å². The third-order valence-electron chi connectivity index (χ3n) is 2.52. The first-order valence-electron chi connectivity index (χ1n) is 4.12. The van der Waals surface area contributed by atoms with Crippen LogP contribution in [0, 0.1) is 5.92 Å². The summed E-state index contributed by atoms with van der Waals surface area (Å²) in [5, 5.41) is 0. The van der Waals surface area contributed by atoms with Gasteiger partial charge in [0.1, 0.15) is 6.10 Å². The molecule has 2 nitrogen and oxygen atoms in total. The Morgan fingerprint density at radius 1 is 1.64 bits per heavy atom. The topological polar surface area (TPSA) is 26.3 Å². The molecule has 1 heterocycles. The number of esters is 1. The van der Waals surface area contributed by atoms with Gasteiger partial charge in [0.25, 0.3) is 0 Å². The molecule has 1 saturated heterocycles. The summed E-state index contributed by atoms with van der Waals surface area (Å²) in [6, 6.07) is 0. The first kappa shape index (κ1) is 6.89. The van der Waals surface area contributed by atoms with Crippen molar-refractivity contribution in [2.45, 2.75) is 32.3 Å². The number of carbonyl (C=O) groups is 1.